The van der Waals surface area contributed by atoms with E-state index in [0.717, 1.165) is 11.1 Å². The summed E-state index contributed by atoms with van der Waals surface area (Å²) in [5.74, 6) is -0.452. The smallest absolute Gasteiger partial charge is 0.242 e. The fourth-order valence-electron chi connectivity index (χ4n) is 2.45. The SMILES string of the molecule is CN(C)C(C(=O)NCC(=O)NCc1ccc(Cl)cc1)c1ccccc1. The Kier molecular flexibility index (Phi) is 6.98. The van der Waals surface area contributed by atoms with Crippen molar-refractivity contribution in [3.05, 3.63) is 70.7 Å². The average molecular weight is 360 g/mol. The lowest BCUT2D eigenvalue weighted by Crippen LogP contribution is -2.42. The first kappa shape index (κ1) is 19.0. The molecule has 1 unspecified atom stereocenters. The number of halogens is 1. The Hall–Kier alpha value is -2.37. The first-order chi connectivity index (χ1) is 12.0. The van der Waals surface area contributed by atoms with Crippen molar-refractivity contribution < 1.29 is 9.59 Å². The van der Waals surface area contributed by atoms with E-state index in [9.17, 15) is 9.59 Å². The first-order valence-electron chi connectivity index (χ1n) is 7.97. The summed E-state index contributed by atoms with van der Waals surface area (Å²) < 4.78 is 0. The third-order valence-electron chi connectivity index (χ3n) is 3.71. The number of amides is 2. The highest BCUT2D eigenvalue weighted by Gasteiger charge is 2.22. The molecule has 1 atom stereocenters. The third-order valence-corrected chi connectivity index (χ3v) is 3.96. The molecular formula is C19H22ClN3O2. The van der Waals surface area contributed by atoms with Gasteiger partial charge in [0.15, 0.2) is 0 Å². The van der Waals surface area contributed by atoms with Crippen molar-refractivity contribution in [2.75, 3.05) is 20.6 Å². The van der Waals surface area contributed by atoms with Crippen LogP contribution in [0.25, 0.3) is 0 Å². The second-order valence-corrected chi connectivity index (χ2v) is 6.33. The Morgan fingerprint density at radius 2 is 1.64 bits per heavy atom. The molecule has 0 saturated heterocycles. The minimum absolute atomic E-state index is 0.0659. The van der Waals surface area contributed by atoms with Gasteiger partial charge in [-0.05, 0) is 37.4 Å². The van der Waals surface area contributed by atoms with Crippen LogP contribution >= 0.6 is 11.6 Å². The number of carbonyl (C=O) groups is 2. The van der Waals surface area contributed by atoms with E-state index in [1.165, 1.54) is 0 Å². The summed E-state index contributed by atoms with van der Waals surface area (Å²) in [4.78, 5) is 26.2. The van der Waals surface area contributed by atoms with Gasteiger partial charge in [-0.3, -0.25) is 14.5 Å². The largest absolute Gasteiger partial charge is 0.350 e. The molecule has 2 aromatic rings. The fraction of sp³-hybridized carbons (Fsp3) is 0.263. The maximum atomic E-state index is 12.5. The van der Waals surface area contributed by atoms with E-state index in [1.807, 2.05) is 61.5 Å². The van der Waals surface area contributed by atoms with Gasteiger partial charge >= 0.3 is 0 Å². The highest BCUT2D eigenvalue weighted by atomic mass is 35.5. The Morgan fingerprint density at radius 1 is 1.00 bits per heavy atom. The summed E-state index contributed by atoms with van der Waals surface area (Å²) in [6.45, 7) is 0.325. The molecule has 0 spiro atoms. The molecule has 0 aliphatic carbocycles. The van der Waals surface area contributed by atoms with Crippen LogP contribution in [0.5, 0.6) is 0 Å². The second-order valence-electron chi connectivity index (χ2n) is 5.90. The Bertz CT molecular complexity index is 702. The molecular weight excluding hydrogens is 338 g/mol. The lowest BCUT2D eigenvalue weighted by atomic mass is 10.1. The second kappa shape index (κ2) is 9.20. The van der Waals surface area contributed by atoms with E-state index < -0.39 is 6.04 Å². The molecule has 2 aromatic carbocycles. The van der Waals surface area contributed by atoms with E-state index >= 15 is 0 Å². The number of rotatable bonds is 7. The molecule has 0 bridgehead atoms. The van der Waals surface area contributed by atoms with Crippen LogP contribution < -0.4 is 10.6 Å². The molecule has 0 radical (unpaired) electrons. The van der Waals surface area contributed by atoms with Crippen molar-refractivity contribution in [3.63, 3.8) is 0 Å². The summed E-state index contributed by atoms with van der Waals surface area (Å²) in [7, 11) is 3.66. The molecule has 0 heterocycles. The topological polar surface area (TPSA) is 61.4 Å². The van der Waals surface area contributed by atoms with Crippen LogP contribution in [0.4, 0.5) is 0 Å². The van der Waals surface area contributed by atoms with Crippen LogP contribution in [0.3, 0.4) is 0 Å². The molecule has 0 saturated carbocycles. The molecule has 132 valence electrons. The predicted octanol–water partition coefficient (Wildman–Crippen LogP) is 2.38. The van der Waals surface area contributed by atoms with E-state index in [-0.39, 0.29) is 18.4 Å². The van der Waals surface area contributed by atoms with Gasteiger partial charge in [0.25, 0.3) is 0 Å². The van der Waals surface area contributed by atoms with Gasteiger partial charge in [0.05, 0.1) is 6.54 Å². The molecule has 2 rings (SSSR count). The summed E-state index contributed by atoms with van der Waals surface area (Å²) >= 11 is 5.83. The molecule has 0 aliphatic rings. The van der Waals surface area contributed by atoms with Crippen LogP contribution in [0, 0.1) is 0 Å². The molecule has 2 amide bonds. The van der Waals surface area contributed by atoms with Crippen molar-refractivity contribution in [3.8, 4) is 0 Å². The molecule has 2 N–H and O–H groups in total. The monoisotopic (exact) mass is 359 g/mol. The number of nitrogens with zero attached hydrogens (tertiary/aromatic N) is 1. The van der Waals surface area contributed by atoms with Gasteiger partial charge in [-0.25, -0.2) is 0 Å². The summed E-state index contributed by atoms with van der Waals surface area (Å²) in [6, 6.07) is 16.3. The van der Waals surface area contributed by atoms with Gasteiger partial charge in [0.2, 0.25) is 11.8 Å². The Labute approximate surface area is 153 Å². The average Bonchev–Trinajstić information content (AvgIpc) is 2.60. The maximum Gasteiger partial charge on any atom is 0.242 e. The number of likely N-dealkylation sites (N-methyl/N-ethyl adjacent to an activating group) is 1. The number of carbonyl (C=O) groups excluding carboxylic acids is 2. The van der Waals surface area contributed by atoms with Gasteiger partial charge in [-0.2, -0.15) is 0 Å². The minimum Gasteiger partial charge on any atom is -0.350 e. The van der Waals surface area contributed by atoms with Gasteiger partial charge < -0.3 is 10.6 Å². The Balaban J connectivity index is 1.85. The quantitative estimate of drug-likeness (QED) is 0.798. The molecule has 0 aromatic heterocycles. The van der Waals surface area contributed by atoms with Crippen molar-refractivity contribution in [2.24, 2.45) is 0 Å². The Morgan fingerprint density at radius 3 is 2.24 bits per heavy atom. The number of nitrogens with one attached hydrogen (secondary N) is 2. The zero-order valence-corrected chi connectivity index (χ0v) is 15.1. The van der Waals surface area contributed by atoms with Crippen LogP contribution in [0.2, 0.25) is 5.02 Å². The zero-order valence-electron chi connectivity index (χ0n) is 14.3. The van der Waals surface area contributed by atoms with Gasteiger partial charge in [0, 0.05) is 11.6 Å². The number of hydrogen-bond donors (Lipinski definition) is 2. The molecule has 5 nitrogen and oxygen atoms in total. The van der Waals surface area contributed by atoms with Gasteiger partial charge in [-0.1, -0.05) is 54.1 Å². The maximum absolute atomic E-state index is 12.5. The minimum atomic E-state index is -0.440. The summed E-state index contributed by atoms with van der Waals surface area (Å²) in [5.41, 5.74) is 1.83. The highest BCUT2D eigenvalue weighted by molar-refractivity contribution is 6.30. The fourth-order valence-corrected chi connectivity index (χ4v) is 2.57. The van der Waals surface area contributed by atoms with Crippen molar-refractivity contribution in [2.45, 2.75) is 12.6 Å². The van der Waals surface area contributed by atoms with Crippen LogP contribution in [0.1, 0.15) is 17.2 Å². The van der Waals surface area contributed by atoms with Crippen LogP contribution in [0.15, 0.2) is 54.6 Å². The van der Waals surface area contributed by atoms with E-state index in [4.69, 9.17) is 11.6 Å². The molecule has 25 heavy (non-hydrogen) atoms. The van der Waals surface area contributed by atoms with Crippen molar-refractivity contribution in [1.82, 2.24) is 15.5 Å². The van der Waals surface area contributed by atoms with Gasteiger partial charge in [0.1, 0.15) is 6.04 Å². The lowest BCUT2D eigenvalue weighted by molar-refractivity contribution is -0.129. The zero-order chi connectivity index (χ0) is 18.2. The van der Waals surface area contributed by atoms with Crippen LogP contribution in [-0.4, -0.2) is 37.4 Å². The third kappa shape index (κ3) is 5.89. The van der Waals surface area contributed by atoms with Gasteiger partial charge in [-0.15, -0.1) is 0 Å². The summed E-state index contributed by atoms with van der Waals surface area (Å²) in [5, 5.41) is 6.12. The summed E-state index contributed by atoms with van der Waals surface area (Å²) in [6.07, 6.45) is 0. The number of hydrogen-bond acceptors (Lipinski definition) is 3. The van der Waals surface area contributed by atoms with E-state index in [0.29, 0.717) is 11.6 Å². The van der Waals surface area contributed by atoms with E-state index in [1.54, 1.807) is 12.1 Å². The first-order valence-corrected chi connectivity index (χ1v) is 8.35. The van der Waals surface area contributed by atoms with E-state index in [2.05, 4.69) is 10.6 Å². The highest BCUT2D eigenvalue weighted by Crippen LogP contribution is 2.17. The van der Waals surface area contributed by atoms with Crippen molar-refractivity contribution in [1.29, 1.82) is 0 Å². The standard InChI is InChI=1S/C19H22ClN3O2/c1-23(2)18(15-6-4-3-5-7-15)19(25)22-13-17(24)21-12-14-8-10-16(20)11-9-14/h3-11,18H,12-13H2,1-2H3,(H,21,24)(H,22,25). The van der Waals surface area contributed by atoms with Crippen molar-refractivity contribution >= 4 is 23.4 Å². The number of benzene rings is 2. The lowest BCUT2D eigenvalue weighted by Gasteiger charge is -2.23. The predicted molar refractivity (Wildman–Crippen MR) is 99.2 cm³/mol. The molecule has 6 heteroatoms. The normalized spacial score (nSPS) is 11.8. The molecule has 0 aliphatic heterocycles. The van der Waals surface area contributed by atoms with Crippen LogP contribution in [-0.2, 0) is 16.1 Å². The molecule has 0 fully saturated rings.